The van der Waals surface area contributed by atoms with Crippen molar-refractivity contribution in [2.24, 2.45) is 0 Å². The number of alkyl halides is 1. The Morgan fingerprint density at radius 3 is 2.94 bits per heavy atom. The minimum atomic E-state index is -0.165. The molecule has 2 aromatic rings. The van der Waals surface area contributed by atoms with Crippen molar-refractivity contribution in [3.05, 3.63) is 35.6 Å². The molecule has 0 spiro atoms. The Bertz CT molecular complexity index is 562. The van der Waals surface area contributed by atoms with Gasteiger partial charge in [0, 0.05) is 16.8 Å². The lowest BCUT2D eigenvalue weighted by molar-refractivity contribution is 0.0928. The Hall–Kier alpha value is -1.29. The molecule has 0 saturated carbocycles. The SMILES string of the molecule is CCC(Br)CNC(=O)c1cc2cc(C)ccc2o1. The Kier molecular flexibility index (Phi) is 4.07. The van der Waals surface area contributed by atoms with E-state index in [1.54, 1.807) is 6.07 Å². The standard InChI is InChI=1S/C14H16BrNO2/c1-3-11(15)8-16-14(17)13-7-10-6-9(2)4-5-12(10)18-13/h4-7,11H,3,8H2,1-2H3,(H,16,17). The van der Waals surface area contributed by atoms with E-state index in [2.05, 4.69) is 28.2 Å². The van der Waals surface area contributed by atoms with E-state index in [0.29, 0.717) is 17.1 Å². The van der Waals surface area contributed by atoms with Gasteiger partial charge in [-0.2, -0.15) is 0 Å². The van der Waals surface area contributed by atoms with E-state index < -0.39 is 0 Å². The zero-order chi connectivity index (χ0) is 13.1. The molecule has 2 rings (SSSR count). The zero-order valence-electron chi connectivity index (χ0n) is 10.5. The molecule has 1 heterocycles. The van der Waals surface area contributed by atoms with Crippen LogP contribution in [-0.4, -0.2) is 17.3 Å². The van der Waals surface area contributed by atoms with E-state index in [4.69, 9.17) is 4.42 Å². The minimum Gasteiger partial charge on any atom is -0.451 e. The number of fused-ring (bicyclic) bond motifs is 1. The predicted octanol–water partition coefficient (Wildman–Crippen LogP) is 3.64. The molecule has 0 radical (unpaired) electrons. The van der Waals surface area contributed by atoms with Crippen molar-refractivity contribution in [3.63, 3.8) is 0 Å². The smallest absolute Gasteiger partial charge is 0.287 e. The van der Waals surface area contributed by atoms with Crippen molar-refractivity contribution in [1.29, 1.82) is 0 Å². The van der Waals surface area contributed by atoms with Gasteiger partial charge >= 0.3 is 0 Å². The molecule has 1 unspecified atom stereocenters. The van der Waals surface area contributed by atoms with Gasteiger partial charge in [-0.15, -0.1) is 0 Å². The van der Waals surface area contributed by atoms with Crippen LogP contribution in [0.4, 0.5) is 0 Å². The molecule has 0 aliphatic rings. The maximum absolute atomic E-state index is 11.9. The number of carbonyl (C=O) groups excluding carboxylic acids is 1. The van der Waals surface area contributed by atoms with Crippen LogP contribution in [0.2, 0.25) is 0 Å². The van der Waals surface area contributed by atoms with Crippen LogP contribution < -0.4 is 5.32 Å². The number of aryl methyl sites for hydroxylation is 1. The highest BCUT2D eigenvalue weighted by molar-refractivity contribution is 9.09. The lowest BCUT2D eigenvalue weighted by Gasteiger charge is -2.06. The maximum atomic E-state index is 11.9. The monoisotopic (exact) mass is 309 g/mol. The van der Waals surface area contributed by atoms with Crippen molar-refractivity contribution < 1.29 is 9.21 Å². The summed E-state index contributed by atoms with van der Waals surface area (Å²) in [5.41, 5.74) is 1.90. The normalized spacial score (nSPS) is 12.6. The van der Waals surface area contributed by atoms with Crippen molar-refractivity contribution in [1.82, 2.24) is 5.32 Å². The summed E-state index contributed by atoms with van der Waals surface area (Å²) in [4.78, 5) is 12.2. The van der Waals surface area contributed by atoms with Gasteiger partial charge in [0.05, 0.1) is 0 Å². The number of amides is 1. The number of hydrogen-bond donors (Lipinski definition) is 1. The lowest BCUT2D eigenvalue weighted by Crippen LogP contribution is -2.28. The fraction of sp³-hybridized carbons (Fsp3) is 0.357. The lowest BCUT2D eigenvalue weighted by atomic mass is 10.2. The molecule has 1 atom stereocenters. The number of halogens is 1. The van der Waals surface area contributed by atoms with Gasteiger partial charge in [0.25, 0.3) is 5.91 Å². The van der Waals surface area contributed by atoms with E-state index in [9.17, 15) is 4.79 Å². The molecule has 1 aromatic heterocycles. The summed E-state index contributed by atoms with van der Waals surface area (Å²) in [5, 5.41) is 3.81. The molecular formula is C14H16BrNO2. The maximum Gasteiger partial charge on any atom is 0.287 e. The van der Waals surface area contributed by atoms with Crippen LogP contribution in [0.5, 0.6) is 0 Å². The second-order valence-electron chi connectivity index (χ2n) is 4.37. The van der Waals surface area contributed by atoms with Gasteiger partial charge in [-0.05, 0) is 31.5 Å². The highest BCUT2D eigenvalue weighted by Crippen LogP contribution is 2.20. The Labute approximate surface area is 115 Å². The summed E-state index contributed by atoms with van der Waals surface area (Å²) in [6, 6.07) is 7.65. The van der Waals surface area contributed by atoms with Crippen LogP contribution in [0.1, 0.15) is 29.5 Å². The number of carbonyl (C=O) groups is 1. The molecular weight excluding hydrogens is 294 g/mol. The molecule has 0 saturated heterocycles. The Balaban J connectivity index is 2.13. The molecule has 0 aliphatic heterocycles. The van der Waals surface area contributed by atoms with Crippen LogP contribution in [-0.2, 0) is 0 Å². The highest BCUT2D eigenvalue weighted by atomic mass is 79.9. The van der Waals surface area contributed by atoms with E-state index >= 15 is 0 Å². The first-order valence-electron chi connectivity index (χ1n) is 6.02. The van der Waals surface area contributed by atoms with Crippen LogP contribution in [0, 0.1) is 6.92 Å². The van der Waals surface area contributed by atoms with E-state index in [1.807, 2.05) is 25.1 Å². The predicted molar refractivity (Wildman–Crippen MR) is 76.3 cm³/mol. The quantitative estimate of drug-likeness (QED) is 0.876. The van der Waals surface area contributed by atoms with Gasteiger partial charge in [-0.25, -0.2) is 0 Å². The van der Waals surface area contributed by atoms with Crippen molar-refractivity contribution in [2.75, 3.05) is 6.54 Å². The second-order valence-corrected chi connectivity index (χ2v) is 5.66. The first kappa shape index (κ1) is 13.1. The third kappa shape index (κ3) is 2.93. The average Bonchev–Trinajstić information content (AvgIpc) is 2.78. The van der Waals surface area contributed by atoms with Gasteiger partial charge in [-0.3, -0.25) is 4.79 Å². The molecule has 96 valence electrons. The summed E-state index contributed by atoms with van der Waals surface area (Å²) in [6.07, 6.45) is 0.972. The summed E-state index contributed by atoms with van der Waals surface area (Å²) < 4.78 is 5.52. The number of benzene rings is 1. The number of rotatable bonds is 4. The molecule has 1 aromatic carbocycles. The molecule has 1 amide bonds. The largest absolute Gasteiger partial charge is 0.451 e. The number of hydrogen-bond acceptors (Lipinski definition) is 2. The van der Waals surface area contributed by atoms with Crippen LogP contribution in [0.3, 0.4) is 0 Å². The van der Waals surface area contributed by atoms with Crippen molar-refractivity contribution in [3.8, 4) is 0 Å². The molecule has 3 nitrogen and oxygen atoms in total. The van der Waals surface area contributed by atoms with Crippen LogP contribution in [0.15, 0.2) is 28.7 Å². The first-order valence-corrected chi connectivity index (χ1v) is 6.94. The van der Waals surface area contributed by atoms with Crippen molar-refractivity contribution in [2.45, 2.75) is 25.1 Å². The van der Waals surface area contributed by atoms with E-state index in [1.165, 1.54) is 0 Å². The molecule has 0 bridgehead atoms. The molecule has 0 fully saturated rings. The summed E-state index contributed by atoms with van der Waals surface area (Å²) in [6.45, 7) is 4.68. The molecule has 18 heavy (non-hydrogen) atoms. The molecule has 1 N–H and O–H groups in total. The number of furan rings is 1. The van der Waals surface area contributed by atoms with Gasteiger partial charge in [0.15, 0.2) is 5.76 Å². The third-order valence-corrected chi connectivity index (χ3v) is 3.79. The molecule has 4 heteroatoms. The summed E-state index contributed by atoms with van der Waals surface area (Å²) in [5.74, 6) is 0.202. The average molecular weight is 310 g/mol. The van der Waals surface area contributed by atoms with Gasteiger partial charge in [-0.1, -0.05) is 34.5 Å². The van der Waals surface area contributed by atoms with Crippen LogP contribution >= 0.6 is 15.9 Å². The van der Waals surface area contributed by atoms with E-state index in [0.717, 1.165) is 23.0 Å². The molecule has 0 aliphatic carbocycles. The Morgan fingerprint density at radius 1 is 1.44 bits per heavy atom. The van der Waals surface area contributed by atoms with Crippen molar-refractivity contribution >= 4 is 32.8 Å². The summed E-state index contributed by atoms with van der Waals surface area (Å²) in [7, 11) is 0. The van der Waals surface area contributed by atoms with Gasteiger partial charge in [0.2, 0.25) is 0 Å². The second kappa shape index (κ2) is 5.57. The zero-order valence-corrected chi connectivity index (χ0v) is 12.1. The first-order chi connectivity index (χ1) is 8.60. The summed E-state index contributed by atoms with van der Waals surface area (Å²) >= 11 is 3.48. The van der Waals surface area contributed by atoms with Gasteiger partial charge in [0.1, 0.15) is 5.58 Å². The van der Waals surface area contributed by atoms with Gasteiger partial charge < -0.3 is 9.73 Å². The fourth-order valence-corrected chi connectivity index (χ4v) is 1.87. The topological polar surface area (TPSA) is 42.2 Å². The fourth-order valence-electron chi connectivity index (χ4n) is 1.71. The van der Waals surface area contributed by atoms with E-state index in [-0.39, 0.29) is 5.91 Å². The highest BCUT2D eigenvalue weighted by Gasteiger charge is 2.13. The number of nitrogens with one attached hydrogen (secondary N) is 1. The minimum absolute atomic E-state index is 0.165. The van der Waals surface area contributed by atoms with Crippen LogP contribution in [0.25, 0.3) is 11.0 Å². The third-order valence-electron chi connectivity index (χ3n) is 2.82. The Morgan fingerprint density at radius 2 is 2.22 bits per heavy atom.